The van der Waals surface area contributed by atoms with Crippen molar-refractivity contribution in [3.63, 3.8) is 0 Å². The standard InChI is InChI=1S/C16H17F2N3OS/c1-3-19-16(23)21-20-10(2)12-9-8-11-6-4-5-7-13(11)14(12)22-15(17)18/h4-9,15H,3H2,1-2H3,(H2,19,21,23)/b20-10-. The molecule has 4 nitrogen and oxygen atoms in total. The first-order valence-electron chi connectivity index (χ1n) is 7.08. The maximum Gasteiger partial charge on any atom is 0.387 e. The van der Waals surface area contributed by atoms with Crippen molar-refractivity contribution in [2.75, 3.05) is 6.54 Å². The van der Waals surface area contributed by atoms with E-state index >= 15 is 0 Å². The van der Waals surface area contributed by atoms with Gasteiger partial charge in [-0.3, -0.25) is 5.43 Å². The molecule has 0 saturated heterocycles. The molecule has 0 unspecified atom stereocenters. The smallest absolute Gasteiger partial charge is 0.387 e. The van der Waals surface area contributed by atoms with Crippen molar-refractivity contribution in [1.29, 1.82) is 0 Å². The molecule has 0 amide bonds. The molecule has 0 fully saturated rings. The summed E-state index contributed by atoms with van der Waals surface area (Å²) >= 11 is 5.02. The average Bonchev–Trinajstić information content (AvgIpc) is 2.53. The SMILES string of the molecule is CCNC(=S)N/N=C(/C)c1ccc2ccccc2c1OC(F)F. The van der Waals surface area contributed by atoms with Crippen LogP contribution in [0, 0.1) is 0 Å². The molecule has 0 aliphatic carbocycles. The molecule has 0 spiro atoms. The molecule has 0 aliphatic rings. The van der Waals surface area contributed by atoms with Gasteiger partial charge in [-0.15, -0.1) is 0 Å². The van der Waals surface area contributed by atoms with Crippen LogP contribution >= 0.6 is 12.2 Å². The van der Waals surface area contributed by atoms with Crippen LogP contribution in [0.2, 0.25) is 0 Å². The molecule has 2 aromatic carbocycles. The number of hydrazone groups is 1. The average molecular weight is 337 g/mol. The zero-order valence-electron chi connectivity index (χ0n) is 12.8. The fourth-order valence-electron chi connectivity index (χ4n) is 2.14. The summed E-state index contributed by atoms with van der Waals surface area (Å²) in [6.45, 7) is 1.35. The van der Waals surface area contributed by atoms with Crippen LogP contribution in [0.25, 0.3) is 10.8 Å². The minimum atomic E-state index is -2.91. The van der Waals surface area contributed by atoms with E-state index in [2.05, 4.69) is 15.8 Å². The Morgan fingerprint density at radius 3 is 2.70 bits per heavy atom. The minimum Gasteiger partial charge on any atom is -0.433 e. The lowest BCUT2D eigenvalue weighted by atomic mass is 10.0. The third-order valence-corrected chi connectivity index (χ3v) is 3.37. The molecule has 0 heterocycles. The minimum absolute atomic E-state index is 0.107. The van der Waals surface area contributed by atoms with E-state index in [0.29, 0.717) is 28.3 Å². The van der Waals surface area contributed by atoms with Gasteiger partial charge in [0.05, 0.1) is 5.71 Å². The molecular weight excluding hydrogens is 320 g/mol. The van der Waals surface area contributed by atoms with Gasteiger partial charge in [0.15, 0.2) is 5.11 Å². The Hall–Kier alpha value is -2.28. The number of benzene rings is 2. The fraction of sp³-hybridized carbons (Fsp3) is 0.250. The van der Waals surface area contributed by atoms with Crippen LogP contribution in [0.4, 0.5) is 8.78 Å². The highest BCUT2D eigenvalue weighted by Crippen LogP contribution is 2.31. The summed E-state index contributed by atoms with van der Waals surface area (Å²) in [7, 11) is 0. The number of alkyl halides is 2. The second-order valence-corrected chi connectivity index (χ2v) is 5.12. The Bertz CT molecular complexity index is 734. The van der Waals surface area contributed by atoms with E-state index in [1.54, 1.807) is 25.1 Å². The molecule has 7 heteroatoms. The van der Waals surface area contributed by atoms with Crippen molar-refractivity contribution in [1.82, 2.24) is 10.7 Å². The third-order valence-electron chi connectivity index (χ3n) is 3.14. The lowest BCUT2D eigenvalue weighted by Crippen LogP contribution is -2.32. The number of halogens is 2. The molecule has 2 aromatic rings. The van der Waals surface area contributed by atoms with Gasteiger partial charge >= 0.3 is 6.61 Å². The first-order chi connectivity index (χ1) is 11.0. The van der Waals surface area contributed by atoms with Crippen LogP contribution in [0.5, 0.6) is 5.75 Å². The van der Waals surface area contributed by atoms with E-state index in [9.17, 15) is 8.78 Å². The Labute approximate surface area is 138 Å². The maximum absolute atomic E-state index is 12.8. The quantitative estimate of drug-likeness (QED) is 0.497. The van der Waals surface area contributed by atoms with Crippen LogP contribution in [-0.4, -0.2) is 24.0 Å². The summed E-state index contributed by atoms with van der Waals surface area (Å²) < 4.78 is 30.3. The lowest BCUT2D eigenvalue weighted by Gasteiger charge is -2.14. The second kappa shape index (κ2) is 7.82. The number of nitrogens with one attached hydrogen (secondary N) is 2. The number of thiocarbonyl (C=S) groups is 1. The van der Waals surface area contributed by atoms with E-state index in [1.807, 2.05) is 25.1 Å². The molecule has 0 aromatic heterocycles. The Morgan fingerprint density at radius 2 is 2.00 bits per heavy atom. The van der Waals surface area contributed by atoms with Crippen molar-refractivity contribution in [3.8, 4) is 5.75 Å². The summed E-state index contributed by atoms with van der Waals surface area (Å²) in [5.41, 5.74) is 3.65. The molecule has 0 saturated carbocycles. The molecule has 2 rings (SSSR count). The number of rotatable bonds is 5. The Kier molecular flexibility index (Phi) is 5.81. The first kappa shape index (κ1) is 17.1. The van der Waals surface area contributed by atoms with Crippen molar-refractivity contribution < 1.29 is 13.5 Å². The highest BCUT2D eigenvalue weighted by molar-refractivity contribution is 7.80. The Balaban J connectivity index is 2.42. The molecule has 0 aliphatic heterocycles. The van der Waals surface area contributed by atoms with Gasteiger partial charge in [0, 0.05) is 17.5 Å². The monoisotopic (exact) mass is 337 g/mol. The van der Waals surface area contributed by atoms with Gasteiger partial charge in [0.25, 0.3) is 0 Å². The molecule has 0 atom stereocenters. The first-order valence-corrected chi connectivity index (χ1v) is 7.48. The van der Waals surface area contributed by atoms with Crippen molar-refractivity contribution in [2.45, 2.75) is 20.5 Å². The van der Waals surface area contributed by atoms with E-state index in [-0.39, 0.29) is 5.75 Å². The Morgan fingerprint density at radius 1 is 1.26 bits per heavy atom. The molecule has 0 radical (unpaired) electrons. The predicted octanol–water partition coefficient (Wildman–Crippen LogP) is 3.65. The topological polar surface area (TPSA) is 45.7 Å². The summed E-state index contributed by atoms with van der Waals surface area (Å²) in [5.74, 6) is 0.107. The van der Waals surface area contributed by atoms with Gasteiger partial charge in [-0.05, 0) is 37.5 Å². The van der Waals surface area contributed by atoms with E-state index in [4.69, 9.17) is 17.0 Å². The summed E-state index contributed by atoms with van der Waals surface area (Å²) in [4.78, 5) is 0. The molecule has 2 N–H and O–H groups in total. The van der Waals surface area contributed by atoms with Crippen LogP contribution in [0.1, 0.15) is 19.4 Å². The van der Waals surface area contributed by atoms with Gasteiger partial charge in [0.2, 0.25) is 0 Å². The fourth-order valence-corrected chi connectivity index (χ4v) is 2.33. The summed E-state index contributed by atoms with van der Waals surface area (Å²) in [5, 5.41) is 8.80. The van der Waals surface area contributed by atoms with Gasteiger partial charge < -0.3 is 10.1 Å². The van der Waals surface area contributed by atoms with Crippen molar-refractivity contribution in [3.05, 3.63) is 42.0 Å². The van der Waals surface area contributed by atoms with Gasteiger partial charge in [-0.25, -0.2) is 0 Å². The number of fused-ring (bicyclic) bond motifs is 1. The maximum atomic E-state index is 12.8. The predicted molar refractivity (Wildman–Crippen MR) is 92.2 cm³/mol. The molecule has 0 bridgehead atoms. The van der Waals surface area contributed by atoms with E-state index in [0.717, 1.165) is 5.39 Å². The highest BCUT2D eigenvalue weighted by Gasteiger charge is 2.15. The van der Waals surface area contributed by atoms with Crippen molar-refractivity contribution >= 4 is 33.8 Å². The summed E-state index contributed by atoms with van der Waals surface area (Å²) in [6, 6.07) is 10.7. The van der Waals surface area contributed by atoms with Gasteiger partial charge in [-0.2, -0.15) is 13.9 Å². The number of nitrogens with zero attached hydrogens (tertiary/aromatic N) is 1. The van der Waals surface area contributed by atoms with Crippen LogP contribution in [0.3, 0.4) is 0 Å². The number of hydrogen-bond donors (Lipinski definition) is 2. The van der Waals surface area contributed by atoms with Crippen LogP contribution in [-0.2, 0) is 0 Å². The van der Waals surface area contributed by atoms with Gasteiger partial charge in [0.1, 0.15) is 5.75 Å². The van der Waals surface area contributed by atoms with Crippen molar-refractivity contribution in [2.24, 2.45) is 5.10 Å². The highest BCUT2D eigenvalue weighted by atomic mass is 32.1. The van der Waals surface area contributed by atoms with E-state index in [1.165, 1.54) is 0 Å². The zero-order valence-corrected chi connectivity index (χ0v) is 13.6. The van der Waals surface area contributed by atoms with Crippen LogP contribution < -0.4 is 15.5 Å². The zero-order chi connectivity index (χ0) is 16.8. The van der Waals surface area contributed by atoms with Gasteiger partial charge in [-0.1, -0.05) is 30.3 Å². The third kappa shape index (κ3) is 4.35. The normalized spacial score (nSPS) is 11.6. The molecular formula is C16H17F2N3OS. The van der Waals surface area contributed by atoms with E-state index < -0.39 is 6.61 Å². The van der Waals surface area contributed by atoms with Crippen LogP contribution in [0.15, 0.2) is 41.5 Å². The number of hydrogen-bond acceptors (Lipinski definition) is 3. The lowest BCUT2D eigenvalue weighted by molar-refractivity contribution is -0.0489. The molecule has 23 heavy (non-hydrogen) atoms. The number of ether oxygens (including phenoxy) is 1. The summed E-state index contributed by atoms with van der Waals surface area (Å²) in [6.07, 6.45) is 0. The largest absolute Gasteiger partial charge is 0.433 e. The molecule has 122 valence electrons. The second-order valence-electron chi connectivity index (χ2n) is 4.71.